The zero-order valence-electron chi connectivity index (χ0n) is 11.5. The van der Waals surface area contributed by atoms with E-state index in [1.807, 2.05) is 36.5 Å². The normalized spacial score (nSPS) is 11.9. The lowest BCUT2D eigenvalue weighted by atomic mass is 10.1. The molecular formula is C16H18N2S. The van der Waals surface area contributed by atoms with Crippen molar-refractivity contribution in [2.75, 3.05) is 5.32 Å². The Morgan fingerprint density at radius 1 is 1.26 bits per heavy atom. The molecule has 0 fully saturated rings. The van der Waals surface area contributed by atoms with Crippen molar-refractivity contribution in [3.8, 4) is 6.07 Å². The maximum absolute atomic E-state index is 9.16. The first-order valence-electron chi connectivity index (χ1n) is 6.41. The molecular weight excluding hydrogens is 252 g/mol. The fourth-order valence-electron chi connectivity index (χ4n) is 2.15. The highest BCUT2D eigenvalue weighted by molar-refractivity contribution is 7.11. The zero-order valence-corrected chi connectivity index (χ0v) is 12.3. The quantitative estimate of drug-likeness (QED) is 0.900. The van der Waals surface area contributed by atoms with Gasteiger partial charge < -0.3 is 5.32 Å². The van der Waals surface area contributed by atoms with Crippen LogP contribution in [0.5, 0.6) is 0 Å². The lowest BCUT2D eigenvalue weighted by molar-refractivity contribution is 0.799. The Balaban J connectivity index is 2.11. The number of hydrogen-bond donors (Lipinski definition) is 1. The number of hydrogen-bond acceptors (Lipinski definition) is 3. The Morgan fingerprint density at radius 2 is 2.05 bits per heavy atom. The number of benzene rings is 1. The topological polar surface area (TPSA) is 35.8 Å². The van der Waals surface area contributed by atoms with Gasteiger partial charge in [0.1, 0.15) is 6.07 Å². The van der Waals surface area contributed by atoms with E-state index in [0.717, 1.165) is 17.7 Å². The third kappa shape index (κ3) is 3.36. The molecule has 2 nitrogen and oxygen atoms in total. The number of nitrogens with zero attached hydrogens (tertiary/aromatic N) is 1. The third-order valence-electron chi connectivity index (χ3n) is 3.09. The van der Waals surface area contributed by atoms with Crippen molar-refractivity contribution in [1.82, 2.24) is 0 Å². The molecule has 0 amide bonds. The summed E-state index contributed by atoms with van der Waals surface area (Å²) in [4.78, 5) is 2.72. The maximum atomic E-state index is 9.16. The minimum absolute atomic E-state index is 0.311. The highest BCUT2D eigenvalue weighted by Gasteiger charge is 2.10. The average Bonchev–Trinajstić information content (AvgIpc) is 2.77. The molecule has 19 heavy (non-hydrogen) atoms. The van der Waals surface area contributed by atoms with Gasteiger partial charge in [-0.3, -0.25) is 0 Å². The summed E-state index contributed by atoms with van der Waals surface area (Å²) in [6, 6.07) is 12.7. The van der Waals surface area contributed by atoms with E-state index in [1.54, 1.807) is 0 Å². The van der Waals surface area contributed by atoms with Crippen molar-refractivity contribution in [2.45, 2.75) is 33.2 Å². The van der Waals surface area contributed by atoms with Crippen LogP contribution in [0, 0.1) is 25.2 Å². The first kappa shape index (κ1) is 13.6. The molecule has 0 aliphatic rings. The fraction of sp³-hybridized carbons (Fsp3) is 0.312. The van der Waals surface area contributed by atoms with Gasteiger partial charge in [-0.2, -0.15) is 5.26 Å². The number of thiophene rings is 1. The van der Waals surface area contributed by atoms with Gasteiger partial charge in [0.15, 0.2) is 0 Å². The molecule has 0 radical (unpaired) electrons. The van der Waals surface area contributed by atoms with Crippen LogP contribution in [0.1, 0.15) is 27.8 Å². The number of anilines is 1. The number of nitrogens with one attached hydrogen (secondary N) is 1. The number of nitriles is 1. The smallest absolute Gasteiger partial charge is 0.101 e. The molecule has 1 atom stereocenters. The molecule has 1 unspecified atom stereocenters. The Bertz CT molecular complexity index is 607. The van der Waals surface area contributed by atoms with E-state index >= 15 is 0 Å². The predicted molar refractivity (Wildman–Crippen MR) is 81.7 cm³/mol. The van der Waals surface area contributed by atoms with Gasteiger partial charge in [0.25, 0.3) is 0 Å². The van der Waals surface area contributed by atoms with Gasteiger partial charge in [-0.05, 0) is 44.5 Å². The van der Waals surface area contributed by atoms with Gasteiger partial charge in [-0.25, -0.2) is 0 Å². The Hall–Kier alpha value is -1.79. The van der Waals surface area contributed by atoms with E-state index in [2.05, 4.69) is 37.4 Å². The van der Waals surface area contributed by atoms with Crippen LogP contribution in [-0.2, 0) is 6.42 Å². The van der Waals surface area contributed by atoms with Crippen molar-refractivity contribution in [2.24, 2.45) is 0 Å². The van der Waals surface area contributed by atoms with Gasteiger partial charge in [0, 0.05) is 22.2 Å². The number of para-hydroxylation sites is 1. The first-order valence-corrected chi connectivity index (χ1v) is 7.23. The van der Waals surface area contributed by atoms with E-state index < -0.39 is 0 Å². The SMILES string of the molecule is Cc1ccc(CC(C)Nc2c(C)cccc2C#N)s1. The van der Waals surface area contributed by atoms with Crippen LogP contribution in [0.15, 0.2) is 30.3 Å². The second kappa shape index (κ2) is 5.90. The maximum Gasteiger partial charge on any atom is 0.101 e. The zero-order chi connectivity index (χ0) is 13.8. The lowest BCUT2D eigenvalue weighted by Crippen LogP contribution is -2.19. The van der Waals surface area contributed by atoms with Gasteiger partial charge in [-0.1, -0.05) is 12.1 Å². The van der Waals surface area contributed by atoms with Gasteiger partial charge in [0.05, 0.1) is 11.3 Å². The molecule has 0 aliphatic carbocycles. The summed E-state index contributed by atoms with van der Waals surface area (Å²) >= 11 is 1.84. The summed E-state index contributed by atoms with van der Waals surface area (Å²) in [5.74, 6) is 0. The Labute approximate surface area is 118 Å². The molecule has 2 rings (SSSR count). The average molecular weight is 270 g/mol. The van der Waals surface area contributed by atoms with Gasteiger partial charge >= 0.3 is 0 Å². The minimum Gasteiger partial charge on any atom is -0.381 e. The summed E-state index contributed by atoms with van der Waals surface area (Å²) in [6.45, 7) is 6.31. The van der Waals surface area contributed by atoms with Crippen LogP contribution >= 0.6 is 11.3 Å². The lowest BCUT2D eigenvalue weighted by Gasteiger charge is -2.17. The van der Waals surface area contributed by atoms with Gasteiger partial charge in [0.2, 0.25) is 0 Å². The first-order chi connectivity index (χ1) is 9.10. The molecule has 3 heteroatoms. The van der Waals surface area contributed by atoms with E-state index in [1.165, 1.54) is 9.75 Å². The molecule has 0 saturated heterocycles. The molecule has 1 aromatic heterocycles. The Kier molecular flexibility index (Phi) is 4.24. The van der Waals surface area contributed by atoms with Crippen molar-refractivity contribution >= 4 is 17.0 Å². The van der Waals surface area contributed by atoms with E-state index in [4.69, 9.17) is 5.26 Å². The van der Waals surface area contributed by atoms with Crippen molar-refractivity contribution in [3.63, 3.8) is 0 Å². The summed E-state index contributed by atoms with van der Waals surface area (Å²) in [5, 5.41) is 12.6. The van der Waals surface area contributed by atoms with Crippen LogP contribution < -0.4 is 5.32 Å². The van der Waals surface area contributed by atoms with Crippen LogP contribution in [-0.4, -0.2) is 6.04 Å². The second-order valence-electron chi connectivity index (χ2n) is 4.87. The molecule has 98 valence electrons. The highest BCUT2D eigenvalue weighted by Crippen LogP contribution is 2.23. The highest BCUT2D eigenvalue weighted by atomic mass is 32.1. The number of rotatable bonds is 4. The minimum atomic E-state index is 0.311. The van der Waals surface area contributed by atoms with Crippen LogP contribution in [0.25, 0.3) is 0 Å². The molecule has 0 aliphatic heterocycles. The van der Waals surface area contributed by atoms with Crippen LogP contribution in [0.3, 0.4) is 0 Å². The van der Waals surface area contributed by atoms with Crippen molar-refractivity contribution < 1.29 is 0 Å². The Morgan fingerprint density at radius 3 is 2.68 bits per heavy atom. The van der Waals surface area contributed by atoms with Crippen LogP contribution in [0.4, 0.5) is 5.69 Å². The fourth-order valence-corrected chi connectivity index (χ4v) is 3.17. The summed E-state index contributed by atoms with van der Waals surface area (Å²) in [5.41, 5.74) is 2.80. The van der Waals surface area contributed by atoms with Gasteiger partial charge in [-0.15, -0.1) is 11.3 Å². The second-order valence-corrected chi connectivity index (χ2v) is 6.24. The molecule has 0 spiro atoms. The van der Waals surface area contributed by atoms with E-state index in [0.29, 0.717) is 11.6 Å². The predicted octanol–water partition coefficient (Wildman–Crippen LogP) is 4.28. The molecule has 1 N–H and O–H groups in total. The standard InChI is InChI=1S/C16H18N2S/c1-11-5-4-6-14(10-17)16(11)18-12(2)9-15-8-7-13(3)19-15/h4-8,12,18H,9H2,1-3H3. The van der Waals surface area contributed by atoms with Crippen molar-refractivity contribution in [1.29, 1.82) is 5.26 Å². The third-order valence-corrected chi connectivity index (χ3v) is 4.11. The number of aryl methyl sites for hydroxylation is 2. The van der Waals surface area contributed by atoms with E-state index in [9.17, 15) is 0 Å². The molecule has 0 saturated carbocycles. The molecule has 1 aromatic carbocycles. The summed E-state index contributed by atoms with van der Waals surface area (Å²) in [7, 11) is 0. The summed E-state index contributed by atoms with van der Waals surface area (Å²) < 4.78 is 0. The van der Waals surface area contributed by atoms with E-state index in [-0.39, 0.29) is 0 Å². The molecule has 2 aromatic rings. The van der Waals surface area contributed by atoms with Crippen molar-refractivity contribution in [3.05, 3.63) is 51.2 Å². The summed E-state index contributed by atoms with van der Waals surface area (Å²) in [6.07, 6.45) is 0.984. The molecule has 1 heterocycles. The van der Waals surface area contributed by atoms with Crippen LogP contribution in [0.2, 0.25) is 0 Å². The molecule has 0 bridgehead atoms. The largest absolute Gasteiger partial charge is 0.381 e. The monoisotopic (exact) mass is 270 g/mol.